The molecule has 156 valence electrons. The number of hydrogen-bond acceptors (Lipinski definition) is 5. The van der Waals surface area contributed by atoms with Gasteiger partial charge in [0, 0.05) is 36.5 Å². The second-order valence-electron chi connectivity index (χ2n) is 7.41. The number of imidazole rings is 1. The lowest BCUT2D eigenvalue weighted by Crippen LogP contribution is -2.45. The predicted octanol–water partition coefficient (Wildman–Crippen LogP) is 3.71. The molecule has 0 radical (unpaired) electrons. The first-order valence-corrected chi connectivity index (χ1v) is 10.1. The molecule has 1 amide bonds. The topological polar surface area (TPSA) is 79.5 Å². The molecule has 1 aromatic heterocycles. The number of hydrogen-bond donors (Lipinski definition) is 2. The molecule has 2 heterocycles. The van der Waals surface area contributed by atoms with E-state index in [1.165, 1.54) is 25.3 Å². The molecule has 2 atom stereocenters. The highest BCUT2D eigenvalue weighted by molar-refractivity contribution is 6.01. The zero-order chi connectivity index (χ0) is 20.6. The van der Waals surface area contributed by atoms with Gasteiger partial charge in [-0.3, -0.25) is 9.69 Å². The lowest BCUT2D eigenvalue weighted by molar-refractivity contribution is -0.111. The Morgan fingerprint density at radius 3 is 2.79 bits per heavy atom. The van der Waals surface area contributed by atoms with Crippen LogP contribution in [0.4, 0.5) is 5.69 Å². The van der Waals surface area contributed by atoms with Gasteiger partial charge in [-0.2, -0.15) is 0 Å². The molecule has 0 aliphatic carbocycles. The van der Waals surface area contributed by atoms with Crippen LogP contribution in [0.15, 0.2) is 36.8 Å². The van der Waals surface area contributed by atoms with Crippen LogP contribution in [0.1, 0.15) is 38.8 Å². The third kappa shape index (κ3) is 5.84. The summed E-state index contributed by atoms with van der Waals surface area (Å²) in [6, 6.07) is 6.55. The normalized spacial score (nSPS) is 20.0. The number of nitrogens with one attached hydrogen (secondary N) is 2. The van der Waals surface area contributed by atoms with Crippen molar-refractivity contribution in [3.63, 3.8) is 0 Å². The highest BCUT2D eigenvalue weighted by atomic mass is 16.5. The summed E-state index contributed by atoms with van der Waals surface area (Å²) in [5, 5.41) is 2.84. The Hall–Kier alpha value is -2.80. The highest BCUT2D eigenvalue weighted by Gasteiger charge is 2.24. The maximum Gasteiger partial charge on any atom is 0.248 e. The van der Waals surface area contributed by atoms with Crippen molar-refractivity contribution in [2.75, 3.05) is 25.6 Å². The first kappa shape index (κ1) is 20.9. The van der Waals surface area contributed by atoms with E-state index < -0.39 is 0 Å². The number of H-pyrrole nitrogens is 1. The standard InChI is InChI=1S/C22H30N4O3/c1-16-5-4-6-17(2)26(16)11-12-29-21-13-18(7-9-20(21)28-3)25-22(27)10-8-19-14-23-15-24-19/h7-10,13-17H,4-6,11-12H2,1-3H3,(H,23,24)(H,25,27)/t16-,17+. The number of piperidine rings is 1. The zero-order valence-corrected chi connectivity index (χ0v) is 17.4. The largest absolute Gasteiger partial charge is 0.493 e. The smallest absolute Gasteiger partial charge is 0.248 e. The molecular weight excluding hydrogens is 368 g/mol. The van der Waals surface area contributed by atoms with Crippen LogP contribution in [0.5, 0.6) is 11.5 Å². The van der Waals surface area contributed by atoms with Crippen molar-refractivity contribution >= 4 is 17.7 Å². The summed E-state index contributed by atoms with van der Waals surface area (Å²) in [7, 11) is 1.61. The number of nitrogens with zero attached hydrogens (tertiary/aromatic N) is 2. The first-order chi connectivity index (χ1) is 14.1. The summed E-state index contributed by atoms with van der Waals surface area (Å²) in [6.07, 6.45) is 10.1. The van der Waals surface area contributed by atoms with E-state index >= 15 is 0 Å². The summed E-state index contributed by atoms with van der Waals surface area (Å²) in [5.74, 6) is 1.04. The number of rotatable bonds is 8. The van der Waals surface area contributed by atoms with Crippen molar-refractivity contribution in [3.05, 3.63) is 42.5 Å². The van der Waals surface area contributed by atoms with Crippen LogP contribution in [0.2, 0.25) is 0 Å². The zero-order valence-electron chi connectivity index (χ0n) is 17.4. The summed E-state index contributed by atoms with van der Waals surface area (Å²) in [5.41, 5.74) is 1.42. The fraction of sp³-hybridized carbons (Fsp3) is 0.455. The van der Waals surface area contributed by atoms with Crippen LogP contribution in [0.3, 0.4) is 0 Å². The summed E-state index contributed by atoms with van der Waals surface area (Å²) in [4.78, 5) is 21.5. The van der Waals surface area contributed by atoms with Crippen molar-refractivity contribution < 1.29 is 14.3 Å². The van der Waals surface area contributed by atoms with Gasteiger partial charge >= 0.3 is 0 Å². The molecule has 29 heavy (non-hydrogen) atoms. The van der Waals surface area contributed by atoms with Gasteiger partial charge in [0.05, 0.1) is 25.3 Å². The third-order valence-corrected chi connectivity index (χ3v) is 5.35. The van der Waals surface area contributed by atoms with Crippen molar-refractivity contribution in [3.8, 4) is 11.5 Å². The van der Waals surface area contributed by atoms with Crippen molar-refractivity contribution in [2.45, 2.75) is 45.2 Å². The monoisotopic (exact) mass is 398 g/mol. The van der Waals surface area contributed by atoms with Crippen LogP contribution < -0.4 is 14.8 Å². The van der Waals surface area contributed by atoms with Gasteiger partial charge in [0.25, 0.3) is 0 Å². The maximum atomic E-state index is 12.2. The molecule has 1 fully saturated rings. The maximum absolute atomic E-state index is 12.2. The molecule has 1 aliphatic heterocycles. The Balaban J connectivity index is 1.58. The van der Waals surface area contributed by atoms with Gasteiger partial charge in [0.2, 0.25) is 5.91 Å². The van der Waals surface area contributed by atoms with Crippen LogP contribution in [-0.2, 0) is 4.79 Å². The number of ether oxygens (including phenoxy) is 2. The lowest BCUT2D eigenvalue weighted by Gasteiger charge is -2.38. The quantitative estimate of drug-likeness (QED) is 0.663. The van der Waals surface area contributed by atoms with Gasteiger partial charge in [-0.1, -0.05) is 6.42 Å². The Morgan fingerprint density at radius 1 is 1.31 bits per heavy atom. The summed E-state index contributed by atoms with van der Waals surface area (Å²) < 4.78 is 11.4. The van der Waals surface area contributed by atoms with Gasteiger partial charge in [-0.05, 0) is 44.9 Å². The average Bonchev–Trinajstić information content (AvgIpc) is 3.22. The molecule has 7 nitrogen and oxygen atoms in total. The number of aromatic nitrogens is 2. The van der Waals surface area contributed by atoms with Gasteiger partial charge < -0.3 is 19.8 Å². The number of carbonyl (C=O) groups excluding carboxylic acids is 1. The number of methoxy groups -OCH3 is 1. The Morgan fingerprint density at radius 2 is 2.10 bits per heavy atom. The molecule has 7 heteroatoms. The molecular formula is C22H30N4O3. The SMILES string of the molecule is COc1ccc(NC(=O)C=Cc2cnc[nH]2)cc1OCCN1[C@H](C)CCC[C@@H]1C. The summed E-state index contributed by atoms with van der Waals surface area (Å²) >= 11 is 0. The molecule has 1 aliphatic rings. The van der Waals surface area contributed by atoms with Gasteiger partial charge in [-0.15, -0.1) is 0 Å². The van der Waals surface area contributed by atoms with Gasteiger partial charge in [-0.25, -0.2) is 4.98 Å². The number of aromatic amines is 1. The van der Waals surface area contributed by atoms with Crippen LogP contribution in [-0.4, -0.2) is 53.1 Å². The Labute approximate surface area is 172 Å². The van der Waals surface area contributed by atoms with E-state index in [1.807, 2.05) is 0 Å². The molecule has 2 N–H and O–H groups in total. The lowest BCUT2D eigenvalue weighted by atomic mass is 9.98. The Kier molecular flexibility index (Phi) is 7.30. The van der Waals surface area contributed by atoms with E-state index in [-0.39, 0.29) is 5.91 Å². The second kappa shape index (κ2) is 10.1. The third-order valence-electron chi connectivity index (χ3n) is 5.35. The summed E-state index contributed by atoms with van der Waals surface area (Å²) in [6.45, 7) is 6.00. The molecule has 0 saturated carbocycles. The van der Waals surface area contributed by atoms with Gasteiger partial charge in [0.15, 0.2) is 11.5 Å². The van der Waals surface area contributed by atoms with Crippen molar-refractivity contribution in [1.82, 2.24) is 14.9 Å². The van der Waals surface area contributed by atoms with E-state index in [9.17, 15) is 4.79 Å². The highest BCUT2D eigenvalue weighted by Crippen LogP contribution is 2.30. The number of likely N-dealkylation sites (tertiary alicyclic amines) is 1. The number of anilines is 1. The molecule has 0 unspecified atom stereocenters. The van der Waals surface area contributed by atoms with Crippen LogP contribution >= 0.6 is 0 Å². The first-order valence-electron chi connectivity index (χ1n) is 10.1. The molecule has 0 spiro atoms. The minimum atomic E-state index is -0.230. The van der Waals surface area contributed by atoms with E-state index in [2.05, 4.69) is 34.0 Å². The van der Waals surface area contributed by atoms with Gasteiger partial charge in [0.1, 0.15) is 6.61 Å². The van der Waals surface area contributed by atoms with E-state index in [0.717, 1.165) is 12.2 Å². The fourth-order valence-corrected chi connectivity index (χ4v) is 3.75. The predicted molar refractivity (Wildman–Crippen MR) is 114 cm³/mol. The van der Waals surface area contributed by atoms with E-state index in [0.29, 0.717) is 35.9 Å². The minimum Gasteiger partial charge on any atom is -0.493 e. The number of benzene rings is 1. The van der Waals surface area contributed by atoms with Crippen LogP contribution in [0, 0.1) is 0 Å². The fourth-order valence-electron chi connectivity index (χ4n) is 3.75. The molecule has 0 bridgehead atoms. The van der Waals surface area contributed by atoms with E-state index in [4.69, 9.17) is 9.47 Å². The van der Waals surface area contributed by atoms with E-state index in [1.54, 1.807) is 43.9 Å². The van der Waals surface area contributed by atoms with Crippen molar-refractivity contribution in [1.29, 1.82) is 0 Å². The molecule has 2 aromatic rings. The van der Waals surface area contributed by atoms with Crippen molar-refractivity contribution in [2.24, 2.45) is 0 Å². The average molecular weight is 399 g/mol. The number of amides is 1. The Bertz CT molecular complexity index is 809. The number of carbonyl (C=O) groups is 1. The second-order valence-corrected chi connectivity index (χ2v) is 7.41. The molecule has 1 aromatic carbocycles. The minimum absolute atomic E-state index is 0.230. The molecule has 1 saturated heterocycles. The van der Waals surface area contributed by atoms with Crippen LogP contribution in [0.25, 0.3) is 6.08 Å². The molecule has 3 rings (SSSR count).